The zero-order valence-electron chi connectivity index (χ0n) is 13.8. The van der Waals surface area contributed by atoms with Gasteiger partial charge in [0.2, 0.25) is 0 Å². The summed E-state index contributed by atoms with van der Waals surface area (Å²) in [5.74, 6) is -2.11. The molecule has 0 aliphatic carbocycles. The summed E-state index contributed by atoms with van der Waals surface area (Å²) in [4.78, 5) is 26.2. The molecule has 0 radical (unpaired) electrons. The molecule has 2 N–H and O–H groups in total. The van der Waals surface area contributed by atoms with Crippen LogP contribution in [0, 0.1) is 11.7 Å². The number of nitrogens with zero attached hydrogens (tertiary/aromatic N) is 2. The third-order valence-electron chi connectivity index (χ3n) is 3.83. The van der Waals surface area contributed by atoms with Crippen molar-refractivity contribution in [1.82, 2.24) is 4.90 Å². The van der Waals surface area contributed by atoms with Gasteiger partial charge >= 0.3 is 12.0 Å². The molecule has 1 saturated heterocycles. The number of rotatable bonds is 5. The van der Waals surface area contributed by atoms with Gasteiger partial charge in [0, 0.05) is 38.1 Å². The molecule has 1 fully saturated rings. The van der Waals surface area contributed by atoms with E-state index in [4.69, 9.17) is 9.84 Å². The maximum Gasteiger partial charge on any atom is 0.321 e. The second-order valence-corrected chi connectivity index (χ2v) is 5.85. The highest BCUT2D eigenvalue weighted by atomic mass is 19.1. The Morgan fingerprint density at radius 2 is 2.04 bits per heavy atom. The van der Waals surface area contributed by atoms with E-state index in [1.54, 1.807) is 6.07 Å². The molecule has 1 aliphatic rings. The lowest BCUT2D eigenvalue weighted by atomic mass is 10.2. The Morgan fingerprint density at radius 3 is 2.67 bits per heavy atom. The Balaban J connectivity index is 2.04. The molecule has 1 aromatic carbocycles. The molecule has 132 valence electrons. The van der Waals surface area contributed by atoms with Crippen LogP contribution in [-0.4, -0.2) is 61.9 Å². The predicted molar refractivity (Wildman–Crippen MR) is 87.9 cm³/mol. The lowest BCUT2D eigenvalue weighted by molar-refractivity contribution is -0.141. The zero-order chi connectivity index (χ0) is 17.7. The summed E-state index contributed by atoms with van der Waals surface area (Å²) in [7, 11) is 1.50. The van der Waals surface area contributed by atoms with Gasteiger partial charge < -0.3 is 25.0 Å². The number of carboxylic acid groups (broad SMARTS) is 1. The summed E-state index contributed by atoms with van der Waals surface area (Å²) in [6.45, 7) is 4.05. The average molecular weight is 339 g/mol. The molecule has 1 heterocycles. The number of urea groups is 1. The van der Waals surface area contributed by atoms with E-state index in [1.807, 2.05) is 4.90 Å². The van der Waals surface area contributed by atoms with Crippen LogP contribution in [0.5, 0.6) is 0 Å². The lowest BCUT2D eigenvalue weighted by Crippen LogP contribution is -2.37. The van der Waals surface area contributed by atoms with Crippen molar-refractivity contribution < 1.29 is 23.8 Å². The first-order valence-corrected chi connectivity index (χ1v) is 7.75. The summed E-state index contributed by atoms with van der Waals surface area (Å²) in [5.41, 5.74) is 1.01. The van der Waals surface area contributed by atoms with Crippen molar-refractivity contribution in [3.63, 3.8) is 0 Å². The van der Waals surface area contributed by atoms with Gasteiger partial charge in [0.05, 0.1) is 19.1 Å². The fourth-order valence-electron chi connectivity index (χ4n) is 2.44. The number of hydrogen-bond donors (Lipinski definition) is 2. The first-order valence-electron chi connectivity index (χ1n) is 7.75. The highest BCUT2D eigenvalue weighted by Gasteiger charge is 2.18. The normalized spacial score (nSPS) is 15.7. The molecule has 1 unspecified atom stereocenters. The van der Waals surface area contributed by atoms with Crippen LogP contribution >= 0.6 is 0 Å². The molecule has 2 rings (SSSR count). The second-order valence-electron chi connectivity index (χ2n) is 5.85. The van der Waals surface area contributed by atoms with E-state index in [9.17, 15) is 14.0 Å². The van der Waals surface area contributed by atoms with E-state index in [-0.39, 0.29) is 6.54 Å². The Labute approximate surface area is 140 Å². The summed E-state index contributed by atoms with van der Waals surface area (Å²) >= 11 is 0. The van der Waals surface area contributed by atoms with E-state index < -0.39 is 23.7 Å². The van der Waals surface area contributed by atoms with Crippen LogP contribution < -0.4 is 10.2 Å². The number of morpholine rings is 1. The van der Waals surface area contributed by atoms with E-state index >= 15 is 0 Å². The molecule has 0 aromatic heterocycles. The number of carbonyl (C=O) groups excluding carboxylic acids is 1. The van der Waals surface area contributed by atoms with Crippen LogP contribution in [-0.2, 0) is 9.53 Å². The third-order valence-corrected chi connectivity index (χ3v) is 3.83. The SMILES string of the molecule is CC(CN(C)C(=O)Nc1cc(F)cc(N2CCOCC2)c1)C(=O)O. The van der Waals surface area contributed by atoms with Gasteiger partial charge in [-0.05, 0) is 18.2 Å². The quantitative estimate of drug-likeness (QED) is 0.855. The minimum Gasteiger partial charge on any atom is -0.481 e. The average Bonchev–Trinajstić information content (AvgIpc) is 2.54. The topological polar surface area (TPSA) is 82.1 Å². The molecule has 1 atom stereocenters. The lowest BCUT2D eigenvalue weighted by Gasteiger charge is -2.29. The molecule has 1 aromatic rings. The van der Waals surface area contributed by atoms with Gasteiger partial charge in [0.25, 0.3) is 0 Å². The van der Waals surface area contributed by atoms with Crippen molar-refractivity contribution in [2.24, 2.45) is 5.92 Å². The van der Waals surface area contributed by atoms with E-state index in [1.165, 1.54) is 31.0 Å². The summed E-state index contributed by atoms with van der Waals surface area (Å²) < 4.78 is 19.1. The molecule has 0 spiro atoms. The molecule has 24 heavy (non-hydrogen) atoms. The van der Waals surface area contributed by atoms with Gasteiger partial charge in [0.15, 0.2) is 0 Å². The first kappa shape index (κ1) is 18.0. The highest BCUT2D eigenvalue weighted by molar-refractivity contribution is 5.90. The number of carbonyl (C=O) groups is 2. The maximum atomic E-state index is 13.8. The number of benzene rings is 1. The number of amides is 2. The van der Waals surface area contributed by atoms with Crippen molar-refractivity contribution in [3.8, 4) is 0 Å². The fraction of sp³-hybridized carbons (Fsp3) is 0.500. The third kappa shape index (κ3) is 4.82. The first-order chi connectivity index (χ1) is 11.4. The van der Waals surface area contributed by atoms with Crippen LogP contribution in [0.4, 0.5) is 20.6 Å². The monoisotopic (exact) mass is 339 g/mol. The van der Waals surface area contributed by atoms with Crippen molar-refractivity contribution in [1.29, 1.82) is 0 Å². The van der Waals surface area contributed by atoms with Gasteiger partial charge in [-0.3, -0.25) is 4.79 Å². The van der Waals surface area contributed by atoms with Gasteiger partial charge in [-0.15, -0.1) is 0 Å². The number of hydrogen-bond acceptors (Lipinski definition) is 4. The zero-order valence-corrected chi connectivity index (χ0v) is 13.8. The number of carboxylic acids is 1. The van der Waals surface area contributed by atoms with Crippen LogP contribution in [0.25, 0.3) is 0 Å². The smallest absolute Gasteiger partial charge is 0.321 e. The minimum absolute atomic E-state index is 0.0623. The van der Waals surface area contributed by atoms with Gasteiger partial charge in [-0.1, -0.05) is 6.92 Å². The Hall–Kier alpha value is -2.35. The largest absolute Gasteiger partial charge is 0.481 e. The van der Waals surface area contributed by atoms with Gasteiger partial charge in [-0.2, -0.15) is 0 Å². The number of aliphatic carboxylic acids is 1. The molecule has 2 amide bonds. The molecular weight excluding hydrogens is 317 g/mol. The molecular formula is C16H22FN3O4. The Morgan fingerprint density at radius 1 is 1.38 bits per heavy atom. The van der Waals surface area contributed by atoms with Crippen molar-refractivity contribution in [3.05, 3.63) is 24.0 Å². The highest BCUT2D eigenvalue weighted by Crippen LogP contribution is 2.23. The molecule has 0 saturated carbocycles. The minimum atomic E-state index is -0.977. The number of halogens is 1. The van der Waals surface area contributed by atoms with Crippen LogP contribution in [0.1, 0.15) is 6.92 Å². The van der Waals surface area contributed by atoms with E-state index in [0.29, 0.717) is 37.7 Å². The van der Waals surface area contributed by atoms with Crippen molar-refractivity contribution >= 4 is 23.4 Å². The maximum absolute atomic E-state index is 13.8. The van der Waals surface area contributed by atoms with Crippen molar-refractivity contribution in [2.75, 3.05) is 50.1 Å². The Bertz CT molecular complexity index is 605. The van der Waals surface area contributed by atoms with Gasteiger partial charge in [0.1, 0.15) is 5.82 Å². The van der Waals surface area contributed by atoms with Crippen LogP contribution in [0.2, 0.25) is 0 Å². The number of anilines is 2. The molecule has 1 aliphatic heterocycles. The summed E-state index contributed by atoms with van der Waals surface area (Å²) in [6, 6.07) is 3.86. The van der Waals surface area contributed by atoms with Crippen LogP contribution in [0.15, 0.2) is 18.2 Å². The van der Waals surface area contributed by atoms with Gasteiger partial charge in [-0.25, -0.2) is 9.18 Å². The van der Waals surface area contributed by atoms with E-state index in [0.717, 1.165) is 0 Å². The fourth-order valence-corrected chi connectivity index (χ4v) is 2.44. The predicted octanol–water partition coefficient (Wildman–Crippen LogP) is 1.85. The van der Waals surface area contributed by atoms with Crippen molar-refractivity contribution in [2.45, 2.75) is 6.92 Å². The second kappa shape index (κ2) is 7.96. The summed E-state index contributed by atoms with van der Waals surface area (Å²) in [6.07, 6.45) is 0. The molecule has 0 bridgehead atoms. The van der Waals surface area contributed by atoms with E-state index in [2.05, 4.69) is 5.32 Å². The summed E-state index contributed by atoms with van der Waals surface area (Å²) in [5, 5.41) is 11.5. The molecule has 7 nitrogen and oxygen atoms in total. The standard InChI is InChI=1S/C16H22FN3O4/c1-11(15(21)22)10-19(2)16(23)18-13-7-12(17)8-14(9-13)20-3-5-24-6-4-20/h7-9,11H,3-6,10H2,1-2H3,(H,18,23)(H,21,22). The van der Waals surface area contributed by atoms with Crippen LogP contribution in [0.3, 0.4) is 0 Å². The number of ether oxygens (including phenoxy) is 1. The molecule has 8 heteroatoms. The number of nitrogens with one attached hydrogen (secondary N) is 1. The Kier molecular flexibility index (Phi) is 5.97.